The van der Waals surface area contributed by atoms with Crippen molar-refractivity contribution in [2.45, 2.75) is 245 Å². The Kier molecular flexibility index (Phi) is 44.0. The summed E-state index contributed by atoms with van der Waals surface area (Å²) in [6, 6.07) is -17.6. The lowest BCUT2D eigenvalue weighted by Gasteiger charge is -2.29. The number of rotatable bonds is 49. The highest BCUT2D eigenvalue weighted by molar-refractivity contribution is 7.80. The van der Waals surface area contributed by atoms with E-state index in [1.807, 2.05) is 13.8 Å². The van der Waals surface area contributed by atoms with Crippen LogP contribution < -0.4 is 91.6 Å². The van der Waals surface area contributed by atoms with Crippen molar-refractivity contribution in [3.05, 3.63) is 0 Å². The molecule has 0 spiro atoms. The van der Waals surface area contributed by atoms with Crippen LogP contribution in [0.4, 0.5) is 0 Å². The summed E-state index contributed by atoms with van der Waals surface area (Å²) >= 11 is 8.10. The predicted molar refractivity (Wildman–Crippen MR) is 397 cm³/mol. The number of nitrogens with one attached hydrogen (secondary N) is 14. The van der Waals surface area contributed by atoms with Gasteiger partial charge in [-0.1, -0.05) is 75.7 Å². The first-order valence-electron chi connectivity index (χ1n) is 36.0. The van der Waals surface area contributed by atoms with Crippen molar-refractivity contribution < 1.29 is 96.8 Å². The minimum absolute atomic E-state index is 0.0184. The molecule has 0 saturated carbocycles. The highest BCUT2D eigenvalue weighted by Gasteiger charge is 2.40. The van der Waals surface area contributed by atoms with Crippen LogP contribution in [0.3, 0.4) is 0 Å². The molecule has 1 saturated heterocycles. The number of carbonyl (C=O) groups is 17. The lowest BCUT2D eigenvalue weighted by atomic mass is 9.96. The minimum Gasteiger partial charge on any atom is -0.480 e. The average molecular weight is 1560 g/mol. The summed E-state index contributed by atoms with van der Waals surface area (Å²) < 4.78 is 0. The quantitative estimate of drug-likeness (QED) is 0.0199. The summed E-state index contributed by atoms with van der Waals surface area (Å²) in [5.41, 5.74) is 17.2. The largest absolute Gasteiger partial charge is 0.480 e. The van der Waals surface area contributed by atoms with Crippen LogP contribution in [0, 0.1) is 29.6 Å². The zero-order valence-electron chi connectivity index (χ0n) is 63.4. The van der Waals surface area contributed by atoms with Crippen molar-refractivity contribution in [1.82, 2.24) is 79.3 Å². The van der Waals surface area contributed by atoms with Gasteiger partial charge in [-0.15, -0.1) is 0 Å². The molecule has 107 heavy (non-hydrogen) atoms. The predicted octanol–water partition coefficient (Wildman–Crippen LogP) is -6.44. The van der Waals surface area contributed by atoms with Gasteiger partial charge in [0.05, 0.1) is 37.9 Å². The molecule has 0 aromatic carbocycles. The number of primary amides is 1. The number of carboxylic acid groups (broad SMARTS) is 1. The summed E-state index contributed by atoms with van der Waals surface area (Å²) in [7, 11) is 0. The fourth-order valence-electron chi connectivity index (χ4n) is 10.8. The number of unbranched alkanes of at least 4 members (excludes halogenated alkanes) is 1. The van der Waals surface area contributed by atoms with Crippen molar-refractivity contribution >= 4 is 126 Å². The molecule has 608 valence electrons. The number of aliphatic carboxylic acids is 1. The zero-order chi connectivity index (χ0) is 81.9. The summed E-state index contributed by atoms with van der Waals surface area (Å²) in [6.45, 7) is 18.8. The van der Waals surface area contributed by atoms with Gasteiger partial charge in [-0.2, -0.15) is 25.3 Å². The number of amides is 16. The summed E-state index contributed by atoms with van der Waals surface area (Å²) in [4.78, 5) is 228. The lowest BCUT2D eigenvalue weighted by Crippen LogP contribution is -2.61. The molecule has 1 rings (SSSR count). The fraction of sp³-hybridized carbons (Fsp3) is 0.746. The van der Waals surface area contributed by atoms with E-state index in [0.29, 0.717) is 19.3 Å². The molecule has 23 N–H and O–H groups in total. The molecular weight excluding hydrogens is 1440 g/mol. The van der Waals surface area contributed by atoms with E-state index in [-0.39, 0.29) is 62.8 Å². The van der Waals surface area contributed by atoms with Gasteiger partial charge in [0.15, 0.2) is 0 Å². The Morgan fingerprint density at radius 1 is 0.467 bits per heavy atom. The molecule has 1 aliphatic rings. The van der Waals surface area contributed by atoms with Gasteiger partial charge in [0.2, 0.25) is 94.5 Å². The molecule has 1 fully saturated rings. The van der Waals surface area contributed by atoms with E-state index in [2.05, 4.69) is 99.7 Å². The number of aliphatic hydroxyl groups is 2. The Bertz CT molecular complexity index is 3060. The van der Waals surface area contributed by atoms with Crippen LogP contribution in [0.5, 0.6) is 0 Å². The van der Waals surface area contributed by atoms with Crippen LogP contribution in [-0.2, 0) is 81.5 Å². The number of carboxylic acids is 1. The smallest absolute Gasteiger partial charge is 0.327 e. The van der Waals surface area contributed by atoms with Gasteiger partial charge in [0.1, 0.15) is 72.5 Å². The maximum Gasteiger partial charge on any atom is 0.327 e. The van der Waals surface area contributed by atoms with Gasteiger partial charge in [0.25, 0.3) is 0 Å². The third-order valence-electron chi connectivity index (χ3n) is 17.2. The topological polar surface area (TPSA) is 601 Å². The second-order valence-electron chi connectivity index (χ2n) is 28.2. The van der Waals surface area contributed by atoms with Crippen LogP contribution in [0.15, 0.2) is 0 Å². The van der Waals surface area contributed by atoms with E-state index in [9.17, 15) is 96.8 Å². The standard InChI is InChI=1S/C67H118N18O20S2/c1-14-35(10)52(66(103)77-40(18-15-16-22-68)57(94)83-54(38(13)87)64(101)73-28-49(91)85-23-17-19-45(85)61(98)74-36(11)55(92)79-44(30-107)67(104)105)82-58(95)41(20-21-46(70)88)75-47(89)26-72-63(100)53(37(12)86)84-60(97)43(29-106)78-59(96)42(25-32(4)5)76-48(90)27-71-62(99)50(33(6)7)81-65(102)51(34(8)9)80-56(93)39(69)24-31(2)3/h31-45,50-54,86-87,106-107H,14-30,68-69H2,1-13H3,(H2,70,88)(H,71,99)(H,72,100)(H,73,101)(H,74,98)(H,75,89)(H,76,90)(H,77,103)(H,78,96)(H,79,92)(H,80,93)(H,81,102)(H,82,95)(H,83,94)(H,84,97)(H,104,105)/t35-,36-,37+,38+,39-,40-,41-,42-,43-,44-,45-,50-,51-,52-,53-,54-/m0/s1. The summed E-state index contributed by atoms with van der Waals surface area (Å²) in [5, 5.41) is 65.0. The first-order chi connectivity index (χ1) is 50.0. The van der Waals surface area contributed by atoms with E-state index in [4.69, 9.17) is 17.2 Å². The van der Waals surface area contributed by atoms with Gasteiger partial charge >= 0.3 is 5.97 Å². The fourth-order valence-corrected chi connectivity index (χ4v) is 11.3. The van der Waals surface area contributed by atoms with E-state index in [0.717, 1.165) is 11.8 Å². The Balaban J connectivity index is 3.22. The first kappa shape index (κ1) is 96.5. The Labute approximate surface area is 635 Å². The van der Waals surface area contributed by atoms with Crippen LogP contribution in [0.25, 0.3) is 0 Å². The second-order valence-corrected chi connectivity index (χ2v) is 28.9. The summed E-state index contributed by atoms with van der Waals surface area (Å²) in [6.07, 6.45) is -2.55. The van der Waals surface area contributed by atoms with Crippen molar-refractivity contribution in [3.63, 3.8) is 0 Å². The number of thiol groups is 2. The highest BCUT2D eigenvalue weighted by atomic mass is 32.1. The first-order valence-corrected chi connectivity index (χ1v) is 37.2. The van der Waals surface area contributed by atoms with Crippen molar-refractivity contribution in [3.8, 4) is 0 Å². The van der Waals surface area contributed by atoms with E-state index in [1.54, 1.807) is 55.4 Å². The van der Waals surface area contributed by atoms with Gasteiger partial charge in [-0.25, -0.2) is 4.79 Å². The lowest BCUT2D eigenvalue weighted by molar-refractivity contribution is -0.142. The van der Waals surface area contributed by atoms with Crippen molar-refractivity contribution in [2.75, 3.05) is 44.2 Å². The van der Waals surface area contributed by atoms with E-state index < -0.39 is 247 Å². The van der Waals surface area contributed by atoms with Gasteiger partial charge in [0, 0.05) is 24.5 Å². The molecular formula is C67H118N18O20S2. The molecule has 40 heteroatoms. The van der Waals surface area contributed by atoms with Crippen molar-refractivity contribution in [1.29, 1.82) is 0 Å². The zero-order valence-corrected chi connectivity index (χ0v) is 65.2. The van der Waals surface area contributed by atoms with Crippen LogP contribution >= 0.6 is 25.3 Å². The molecule has 16 atom stereocenters. The number of hydrogen-bond donors (Lipinski definition) is 22. The molecule has 0 unspecified atom stereocenters. The Hall–Kier alpha value is -8.47. The SMILES string of the molecule is CC[C@H](C)[C@H](NC(=O)[C@H](CCC(N)=O)NC(=O)CNC(=O)[C@@H](NC(=O)[C@H](CS)NC(=O)[C@H](CC(C)C)NC(=O)CNC(=O)[C@@H](NC(=O)[C@@H](NC(=O)[C@@H](N)CC(C)C)C(C)C)C(C)C)[C@@H](C)O)C(=O)N[C@@H](CCCCN)C(=O)N[C@H](C(=O)NCC(=O)N1CCC[C@H]1C(=O)N[C@@H](C)C(=O)N[C@@H](CS)C(=O)O)[C@@H](C)O. The average Bonchev–Trinajstić information content (AvgIpc) is 1.73. The number of likely N-dealkylation sites (tertiary alicyclic amines) is 1. The summed E-state index contributed by atoms with van der Waals surface area (Å²) in [5.74, 6) is -17.8. The molecule has 0 aliphatic carbocycles. The number of hydrogen-bond acceptors (Lipinski definition) is 23. The Morgan fingerprint density at radius 2 is 0.888 bits per heavy atom. The monoisotopic (exact) mass is 1560 g/mol. The molecule has 16 amide bonds. The number of nitrogens with zero attached hydrogens (tertiary/aromatic N) is 1. The minimum atomic E-state index is -1.80. The maximum atomic E-state index is 14.3. The van der Waals surface area contributed by atoms with Crippen LogP contribution in [-0.4, -0.2) is 256 Å². The third-order valence-corrected chi connectivity index (χ3v) is 18.0. The molecule has 0 aromatic rings. The number of carbonyl (C=O) groups excluding carboxylic acids is 16. The van der Waals surface area contributed by atoms with Crippen LogP contribution in [0.2, 0.25) is 0 Å². The second kappa shape index (κ2) is 48.8. The highest BCUT2D eigenvalue weighted by Crippen LogP contribution is 2.19. The molecule has 38 nitrogen and oxygen atoms in total. The van der Waals surface area contributed by atoms with E-state index >= 15 is 0 Å². The van der Waals surface area contributed by atoms with Crippen molar-refractivity contribution in [2.24, 2.45) is 46.8 Å². The molecule has 0 bridgehead atoms. The Morgan fingerprint density at radius 3 is 1.36 bits per heavy atom. The molecule has 0 aromatic heterocycles. The third kappa shape index (κ3) is 34.5. The number of aliphatic hydroxyl groups excluding tert-OH is 2. The van der Waals surface area contributed by atoms with Gasteiger partial charge in [-0.3, -0.25) is 76.7 Å². The van der Waals surface area contributed by atoms with Gasteiger partial charge in [-0.05, 0) is 108 Å². The molecule has 1 heterocycles. The molecule has 0 radical (unpaired) electrons. The maximum absolute atomic E-state index is 14.3. The van der Waals surface area contributed by atoms with Crippen LogP contribution in [0.1, 0.15) is 154 Å². The molecule has 1 aliphatic heterocycles. The van der Waals surface area contributed by atoms with E-state index in [1.165, 1.54) is 13.8 Å². The number of nitrogens with two attached hydrogens (primary N) is 3. The van der Waals surface area contributed by atoms with Gasteiger partial charge < -0.3 is 112 Å². The normalized spacial score (nSPS) is 17.0.